The summed E-state index contributed by atoms with van der Waals surface area (Å²) < 4.78 is 41.3. The molecule has 0 saturated heterocycles. The largest absolute Gasteiger partial charge is 0.439 e. The Kier molecular flexibility index (Phi) is 4.36. The van der Waals surface area contributed by atoms with Crippen LogP contribution >= 0.6 is 11.6 Å². The minimum atomic E-state index is -5.02. The third-order valence-corrected chi connectivity index (χ3v) is 5.41. The van der Waals surface area contributed by atoms with Gasteiger partial charge < -0.3 is 5.11 Å². The van der Waals surface area contributed by atoms with Gasteiger partial charge in [0.25, 0.3) is 11.6 Å². The fourth-order valence-electron chi connectivity index (χ4n) is 3.51. The Hall–Kier alpha value is -1.60. The van der Waals surface area contributed by atoms with Crippen LogP contribution in [0.4, 0.5) is 13.2 Å². The van der Waals surface area contributed by atoms with Crippen molar-refractivity contribution in [2.45, 2.75) is 45.0 Å². The first-order valence-electron chi connectivity index (χ1n) is 8.03. The molecule has 3 rings (SSSR count). The number of fused-ring (bicyclic) bond motifs is 1. The summed E-state index contributed by atoms with van der Waals surface area (Å²) in [5, 5.41) is 15.1. The standard InChI is InChI=1S/C17H18ClF3N2O2/c1-9-3-6-14-12(7-9)16(25,17(19,20)21)23(22-14)15(24)11-4-5-13(18)10(2)8-11/h4-5,8-9,12,25H,3,6-7H2,1-2H3/t9-,12-,16-/m0/s1. The van der Waals surface area contributed by atoms with Crippen molar-refractivity contribution in [3.8, 4) is 0 Å². The summed E-state index contributed by atoms with van der Waals surface area (Å²) in [5.41, 5.74) is -2.53. The zero-order valence-corrected chi connectivity index (χ0v) is 14.5. The van der Waals surface area contributed by atoms with Crippen molar-refractivity contribution in [3.05, 3.63) is 34.3 Å². The molecule has 2 aliphatic rings. The van der Waals surface area contributed by atoms with Crippen LogP contribution in [0.3, 0.4) is 0 Å². The Bertz CT molecular complexity index is 750. The van der Waals surface area contributed by atoms with Crippen LogP contribution in [-0.2, 0) is 0 Å². The van der Waals surface area contributed by atoms with E-state index in [-0.39, 0.29) is 28.6 Å². The van der Waals surface area contributed by atoms with Gasteiger partial charge >= 0.3 is 6.18 Å². The number of hydrogen-bond donors (Lipinski definition) is 1. The van der Waals surface area contributed by atoms with Gasteiger partial charge in [0, 0.05) is 16.3 Å². The molecule has 3 atom stereocenters. The maximum Gasteiger partial charge on any atom is 0.439 e. The van der Waals surface area contributed by atoms with Crippen LogP contribution < -0.4 is 0 Å². The topological polar surface area (TPSA) is 52.9 Å². The molecule has 0 spiro atoms. The number of amides is 1. The van der Waals surface area contributed by atoms with E-state index in [4.69, 9.17) is 11.6 Å². The molecular weight excluding hydrogens is 357 g/mol. The average Bonchev–Trinajstić information content (AvgIpc) is 2.83. The molecule has 1 N–H and O–H groups in total. The Balaban J connectivity index is 2.05. The summed E-state index contributed by atoms with van der Waals surface area (Å²) in [6, 6.07) is 4.17. The lowest BCUT2D eigenvalue weighted by molar-refractivity contribution is -0.313. The van der Waals surface area contributed by atoms with Crippen LogP contribution in [-0.4, -0.2) is 33.6 Å². The first-order chi connectivity index (χ1) is 11.6. The maximum atomic E-state index is 13.8. The van der Waals surface area contributed by atoms with Gasteiger partial charge in [-0.25, -0.2) is 0 Å². The van der Waals surface area contributed by atoms with Gasteiger partial charge in [-0.15, -0.1) is 0 Å². The SMILES string of the molecule is Cc1cc(C(=O)N2N=C3CC[C@H](C)C[C@@H]3[C@]2(O)C(F)(F)F)ccc1Cl. The number of aryl methyl sites for hydroxylation is 1. The van der Waals surface area contributed by atoms with Gasteiger partial charge in [0.1, 0.15) is 0 Å². The molecule has 0 bridgehead atoms. The van der Waals surface area contributed by atoms with Crippen LogP contribution in [0.5, 0.6) is 0 Å². The molecule has 1 amide bonds. The number of nitrogens with zero attached hydrogens (tertiary/aromatic N) is 2. The minimum Gasteiger partial charge on any atom is -0.362 e. The van der Waals surface area contributed by atoms with E-state index in [2.05, 4.69) is 5.10 Å². The van der Waals surface area contributed by atoms with Gasteiger partial charge in [0.2, 0.25) is 0 Å². The quantitative estimate of drug-likeness (QED) is 0.803. The molecule has 0 radical (unpaired) electrons. The van der Waals surface area contributed by atoms with Crippen molar-refractivity contribution in [3.63, 3.8) is 0 Å². The predicted octanol–water partition coefficient (Wildman–Crippen LogP) is 4.15. The monoisotopic (exact) mass is 374 g/mol. The Labute approximate surface area is 148 Å². The zero-order valence-electron chi connectivity index (χ0n) is 13.8. The van der Waals surface area contributed by atoms with Gasteiger partial charge in [0.05, 0.1) is 5.92 Å². The fraction of sp³-hybridized carbons (Fsp3) is 0.529. The van der Waals surface area contributed by atoms with Gasteiger partial charge in [0.15, 0.2) is 0 Å². The van der Waals surface area contributed by atoms with Gasteiger partial charge in [-0.2, -0.15) is 23.3 Å². The number of alkyl halides is 3. The van der Waals surface area contributed by atoms with E-state index in [1.807, 2.05) is 6.92 Å². The summed E-state index contributed by atoms with van der Waals surface area (Å²) >= 11 is 5.91. The summed E-state index contributed by atoms with van der Waals surface area (Å²) in [6.07, 6.45) is -3.85. The molecule has 1 aromatic carbocycles. The second kappa shape index (κ2) is 5.99. The van der Waals surface area contributed by atoms with E-state index in [0.717, 1.165) is 0 Å². The summed E-state index contributed by atoms with van der Waals surface area (Å²) in [4.78, 5) is 12.7. The molecule has 136 valence electrons. The minimum absolute atomic E-state index is 0.000574. The first-order valence-corrected chi connectivity index (χ1v) is 8.40. The first kappa shape index (κ1) is 18.2. The lowest BCUT2D eigenvalue weighted by Crippen LogP contribution is -2.61. The fourth-order valence-corrected chi connectivity index (χ4v) is 3.63. The molecule has 1 heterocycles. The molecule has 1 saturated carbocycles. The van der Waals surface area contributed by atoms with E-state index >= 15 is 0 Å². The highest BCUT2D eigenvalue weighted by Gasteiger charge is 2.68. The number of benzene rings is 1. The number of aliphatic hydroxyl groups is 1. The van der Waals surface area contributed by atoms with E-state index < -0.39 is 23.7 Å². The highest BCUT2D eigenvalue weighted by Crippen LogP contribution is 2.49. The second-order valence-electron chi connectivity index (χ2n) is 6.83. The molecule has 25 heavy (non-hydrogen) atoms. The van der Waals surface area contributed by atoms with Crippen molar-refractivity contribution in [1.82, 2.24) is 5.01 Å². The van der Waals surface area contributed by atoms with Gasteiger partial charge in [-0.05, 0) is 55.9 Å². The van der Waals surface area contributed by atoms with Gasteiger partial charge in [-0.3, -0.25) is 4.79 Å². The lowest BCUT2D eigenvalue weighted by atomic mass is 9.76. The number of carbonyl (C=O) groups excluding carboxylic acids is 1. The van der Waals surface area contributed by atoms with Crippen LogP contribution in [0.1, 0.15) is 42.1 Å². The van der Waals surface area contributed by atoms with Crippen molar-refractivity contribution >= 4 is 23.2 Å². The highest BCUT2D eigenvalue weighted by molar-refractivity contribution is 6.31. The van der Waals surface area contributed by atoms with Gasteiger partial charge in [-0.1, -0.05) is 18.5 Å². The van der Waals surface area contributed by atoms with Crippen molar-refractivity contribution in [2.75, 3.05) is 0 Å². The molecular formula is C17H18ClF3N2O2. The number of rotatable bonds is 1. The van der Waals surface area contributed by atoms with E-state index in [0.29, 0.717) is 23.4 Å². The molecule has 4 nitrogen and oxygen atoms in total. The molecule has 1 aliphatic heterocycles. The Morgan fingerprint density at radius 1 is 1.44 bits per heavy atom. The maximum absolute atomic E-state index is 13.8. The smallest absolute Gasteiger partial charge is 0.362 e. The molecule has 1 fully saturated rings. The highest BCUT2D eigenvalue weighted by atomic mass is 35.5. The second-order valence-corrected chi connectivity index (χ2v) is 7.24. The summed E-state index contributed by atoms with van der Waals surface area (Å²) in [7, 11) is 0. The normalized spacial score (nSPS) is 29.4. The van der Waals surface area contributed by atoms with Crippen LogP contribution in [0.25, 0.3) is 0 Å². The average molecular weight is 375 g/mol. The third-order valence-electron chi connectivity index (χ3n) is 4.99. The Morgan fingerprint density at radius 3 is 2.72 bits per heavy atom. The van der Waals surface area contributed by atoms with Crippen LogP contribution in [0, 0.1) is 18.8 Å². The van der Waals surface area contributed by atoms with Crippen molar-refractivity contribution < 1.29 is 23.1 Å². The number of halogens is 4. The molecule has 1 aromatic rings. The summed E-state index contributed by atoms with van der Waals surface area (Å²) in [6.45, 7) is 3.48. The van der Waals surface area contributed by atoms with E-state index in [9.17, 15) is 23.1 Å². The molecule has 0 aromatic heterocycles. The van der Waals surface area contributed by atoms with Crippen molar-refractivity contribution in [1.29, 1.82) is 0 Å². The molecule has 1 aliphatic carbocycles. The zero-order chi connectivity index (χ0) is 18.6. The van der Waals surface area contributed by atoms with E-state index in [1.54, 1.807) is 6.92 Å². The van der Waals surface area contributed by atoms with Crippen LogP contribution in [0.2, 0.25) is 5.02 Å². The number of hydrogen-bond acceptors (Lipinski definition) is 3. The van der Waals surface area contributed by atoms with Crippen LogP contribution in [0.15, 0.2) is 23.3 Å². The number of hydrazone groups is 1. The lowest BCUT2D eigenvalue weighted by Gasteiger charge is -2.39. The third kappa shape index (κ3) is 2.83. The van der Waals surface area contributed by atoms with Crippen molar-refractivity contribution in [2.24, 2.45) is 16.9 Å². The molecule has 8 heteroatoms. The summed E-state index contributed by atoms with van der Waals surface area (Å²) in [5.74, 6) is -2.20. The molecule has 0 unspecified atom stereocenters. The predicted molar refractivity (Wildman–Crippen MR) is 87.3 cm³/mol. The number of carbonyl (C=O) groups is 1. The van der Waals surface area contributed by atoms with E-state index in [1.165, 1.54) is 18.2 Å². The Morgan fingerprint density at radius 2 is 2.12 bits per heavy atom.